The number of carbonyl (C=O) groups is 2. The third-order valence-electron chi connectivity index (χ3n) is 4.47. The predicted molar refractivity (Wildman–Crippen MR) is 99.8 cm³/mol. The number of hydrogen-bond donors (Lipinski definition) is 1. The molecule has 0 spiro atoms. The Hall–Kier alpha value is -2.88. The van der Waals surface area contributed by atoms with E-state index >= 15 is 0 Å². The molecular formula is C21H22N2O2. The summed E-state index contributed by atoms with van der Waals surface area (Å²) < 4.78 is 0. The molecule has 2 aromatic rings. The molecule has 2 aromatic carbocycles. The molecule has 3 rings (SSSR count). The molecule has 0 radical (unpaired) electrons. The van der Waals surface area contributed by atoms with Crippen LogP contribution in [0.4, 0.5) is 5.69 Å². The average molecular weight is 334 g/mol. The lowest BCUT2D eigenvalue weighted by Gasteiger charge is -2.32. The number of anilines is 1. The van der Waals surface area contributed by atoms with Crippen LogP contribution >= 0.6 is 0 Å². The van der Waals surface area contributed by atoms with E-state index in [9.17, 15) is 9.59 Å². The SMILES string of the molecule is CCc1cccc(NC(=O)C[C@H]2c3ccccc3C=CN2C(C)=O)c1. The van der Waals surface area contributed by atoms with Crippen LogP contribution < -0.4 is 5.32 Å². The summed E-state index contributed by atoms with van der Waals surface area (Å²) in [5.74, 6) is -0.175. The number of nitrogens with one attached hydrogen (secondary N) is 1. The molecule has 25 heavy (non-hydrogen) atoms. The normalized spacial score (nSPS) is 15.6. The Labute approximate surface area is 148 Å². The maximum Gasteiger partial charge on any atom is 0.226 e. The van der Waals surface area contributed by atoms with E-state index in [1.807, 2.05) is 54.6 Å². The van der Waals surface area contributed by atoms with Gasteiger partial charge in [0.2, 0.25) is 11.8 Å². The van der Waals surface area contributed by atoms with Gasteiger partial charge in [0.05, 0.1) is 12.5 Å². The summed E-state index contributed by atoms with van der Waals surface area (Å²) >= 11 is 0. The Morgan fingerprint density at radius 3 is 2.68 bits per heavy atom. The van der Waals surface area contributed by atoms with E-state index in [2.05, 4.69) is 12.2 Å². The van der Waals surface area contributed by atoms with Crippen molar-refractivity contribution in [3.05, 3.63) is 71.4 Å². The molecule has 0 unspecified atom stereocenters. The van der Waals surface area contributed by atoms with Gasteiger partial charge in [0.15, 0.2) is 0 Å². The lowest BCUT2D eigenvalue weighted by atomic mass is 9.93. The van der Waals surface area contributed by atoms with Crippen LogP contribution in [0.2, 0.25) is 0 Å². The van der Waals surface area contributed by atoms with Crippen molar-refractivity contribution in [2.75, 3.05) is 5.32 Å². The number of aryl methyl sites for hydroxylation is 1. The molecule has 0 aromatic heterocycles. The van der Waals surface area contributed by atoms with Gasteiger partial charge in [-0.25, -0.2) is 0 Å². The summed E-state index contributed by atoms with van der Waals surface area (Å²) in [4.78, 5) is 26.2. The number of nitrogens with zero attached hydrogens (tertiary/aromatic N) is 1. The summed E-state index contributed by atoms with van der Waals surface area (Å²) in [6.07, 6.45) is 4.82. The summed E-state index contributed by atoms with van der Waals surface area (Å²) in [5, 5.41) is 2.95. The zero-order valence-corrected chi connectivity index (χ0v) is 14.5. The Morgan fingerprint density at radius 1 is 1.12 bits per heavy atom. The molecule has 0 bridgehead atoms. The highest BCUT2D eigenvalue weighted by Crippen LogP contribution is 2.33. The highest BCUT2D eigenvalue weighted by atomic mass is 16.2. The minimum atomic E-state index is -0.284. The lowest BCUT2D eigenvalue weighted by Crippen LogP contribution is -2.33. The zero-order chi connectivity index (χ0) is 17.8. The van der Waals surface area contributed by atoms with Crippen molar-refractivity contribution >= 4 is 23.6 Å². The van der Waals surface area contributed by atoms with Gasteiger partial charge in [-0.3, -0.25) is 9.59 Å². The topological polar surface area (TPSA) is 49.4 Å². The van der Waals surface area contributed by atoms with Crippen LogP contribution in [0.5, 0.6) is 0 Å². The molecule has 1 heterocycles. The number of benzene rings is 2. The van der Waals surface area contributed by atoms with Gasteiger partial charge in [-0.05, 0) is 41.3 Å². The highest BCUT2D eigenvalue weighted by molar-refractivity contribution is 5.92. The van der Waals surface area contributed by atoms with E-state index in [0.717, 1.165) is 23.2 Å². The Balaban J connectivity index is 1.80. The first-order valence-electron chi connectivity index (χ1n) is 8.53. The van der Waals surface area contributed by atoms with Gasteiger partial charge in [0, 0.05) is 18.8 Å². The number of amides is 2. The van der Waals surface area contributed by atoms with E-state index in [4.69, 9.17) is 0 Å². The third kappa shape index (κ3) is 3.79. The molecule has 0 fully saturated rings. The maximum absolute atomic E-state index is 12.6. The van der Waals surface area contributed by atoms with Gasteiger partial charge in [0.25, 0.3) is 0 Å². The average Bonchev–Trinajstić information content (AvgIpc) is 2.61. The summed E-state index contributed by atoms with van der Waals surface area (Å²) in [7, 11) is 0. The van der Waals surface area contributed by atoms with Crippen LogP contribution in [0.15, 0.2) is 54.7 Å². The van der Waals surface area contributed by atoms with Crippen LogP contribution in [0.1, 0.15) is 43.0 Å². The summed E-state index contributed by atoms with van der Waals surface area (Å²) in [5.41, 5.74) is 4.01. The van der Waals surface area contributed by atoms with E-state index in [1.54, 1.807) is 11.1 Å². The van der Waals surface area contributed by atoms with Gasteiger partial charge in [-0.1, -0.05) is 43.3 Å². The van der Waals surface area contributed by atoms with Crippen LogP contribution in [0.3, 0.4) is 0 Å². The largest absolute Gasteiger partial charge is 0.326 e. The maximum atomic E-state index is 12.6. The van der Waals surface area contributed by atoms with E-state index < -0.39 is 0 Å². The fraction of sp³-hybridized carbons (Fsp3) is 0.238. The van der Waals surface area contributed by atoms with Crippen molar-refractivity contribution in [1.29, 1.82) is 0 Å². The fourth-order valence-electron chi connectivity index (χ4n) is 3.17. The molecule has 0 saturated heterocycles. The second-order valence-corrected chi connectivity index (χ2v) is 6.19. The van der Waals surface area contributed by atoms with E-state index in [1.165, 1.54) is 12.5 Å². The molecule has 1 N–H and O–H groups in total. The minimum absolute atomic E-state index is 0.0727. The van der Waals surface area contributed by atoms with E-state index in [0.29, 0.717) is 0 Å². The monoisotopic (exact) mass is 334 g/mol. The van der Waals surface area contributed by atoms with Crippen molar-refractivity contribution in [2.24, 2.45) is 0 Å². The van der Waals surface area contributed by atoms with Gasteiger partial charge in [0.1, 0.15) is 0 Å². The number of fused-ring (bicyclic) bond motifs is 1. The molecule has 4 nitrogen and oxygen atoms in total. The van der Waals surface area contributed by atoms with Crippen molar-refractivity contribution in [2.45, 2.75) is 32.7 Å². The first-order chi connectivity index (χ1) is 12.1. The molecule has 1 aliphatic rings. The highest BCUT2D eigenvalue weighted by Gasteiger charge is 2.28. The molecule has 1 atom stereocenters. The van der Waals surface area contributed by atoms with Crippen LogP contribution in [0, 0.1) is 0 Å². The first-order valence-corrected chi connectivity index (χ1v) is 8.53. The third-order valence-corrected chi connectivity index (χ3v) is 4.47. The van der Waals surface area contributed by atoms with Crippen molar-refractivity contribution in [3.8, 4) is 0 Å². The molecule has 128 valence electrons. The van der Waals surface area contributed by atoms with Crippen LogP contribution in [-0.2, 0) is 16.0 Å². The Bertz CT molecular complexity index is 826. The second kappa shape index (κ2) is 7.34. The summed E-state index contributed by atoms with van der Waals surface area (Å²) in [6, 6.07) is 15.4. The van der Waals surface area contributed by atoms with Crippen LogP contribution in [0.25, 0.3) is 6.08 Å². The second-order valence-electron chi connectivity index (χ2n) is 6.19. The number of rotatable bonds is 4. The molecular weight excluding hydrogens is 312 g/mol. The first kappa shape index (κ1) is 17.0. The van der Waals surface area contributed by atoms with E-state index in [-0.39, 0.29) is 24.3 Å². The van der Waals surface area contributed by atoms with Gasteiger partial charge in [-0.2, -0.15) is 0 Å². The quantitative estimate of drug-likeness (QED) is 0.913. The smallest absolute Gasteiger partial charge is 0.226 e. The lowest BCUT2D eigenvalue weighted by molar-refractivity contribution is -0.129. The Kier molecular flexibility index (Phi) is 4.98. The van der Waals surface area contributed by atoms with Crippen LogP contribution in [-0.4, -0.2) is 16.7 Å². The molecule has 0 aliphatic carbocycles. The van der Waals surface area contributed by atoms with Gasteiger partial charge in [-0.15, -0.1) is 0 Å². The van der Waals surface area contributed by atoms with Crippen molar-refractivity contribution in [1.82, 2.24) is 4.90 Å². The predicted octanol–water partition coefficient (Wildman–Crippen LogP) is 4.15. The molecule has 1 aliphatic heterocycles. The van der Waals surface area contributed by atoms with Gasteiger partial charge < -0.3 is 10.2 Å². The van der Waals surface area contributed by atoms with Crippen molar-refractivity contribution in [3.63, 3.8) is 0 Å². The molecule has 4 heteroatoms. The zero-order valence-electron chi connectivity index (χ0n) is 14.5. The summed E-state index contributed by atoms with van der Waals surface area (Å²) in [6.45, 7) is 3.60. The minimum Gasteiger partial charge on any atom is -0.326 e. The number of hydrogen-bond acceptors (Lipinski definition) is 2. The number of carbonyl (C=O) groups excluding carboxylic acids is 2. The fourth-order valence-corrected chi connectivity index (χ4v) is 3.17. The Morgan fingerprint density at radius 2 is 1.92 bits per heavy atom. The van der Waals surface area contributed by atoms with Crippen molar-refractivity contribution < 1.29 is 9.59 Å². The molecule has 0 saturated carbocycles. The molecule has 2 amide bonds. The van der Waals surface area contributed by atoms with Gasteiger partial charge >= 0.3 is 0 Å². The standard InChI is InChI=1S/C21H22N2O2/c1-3-16-7-6-9-18(13-16)22-21(25)14-20-19-10-5-4-8-17(19)11-12-23(20)15(2)24/h4-13,20H,3,14H2,1-2H3,(H,22,25)/t20-/m0/s1.